The van der Waals surface area contributed by atoms with Gasteiger partial charge in [-0.15, -0.1) is 0 Å². The van der Waals surface area contributed by atoms with Crippen LogP contribution >= 0.6 is 11.5 Å². The number of aromatic nitrogens is 2. The van der Waals surface area contributed by atoms with Crippen molar-refractivity contribution in [1.82, 2.24) is 14.7 Å². The second-order valence-electron chi connectivity index (χ2n) is 7.14. The summed E-state index contributed by atoms with van der Waals surface area (Å²) >= 11 is 1.15. The van der Waals surface area contributed by atoms with Gasteiger partial charge in [0, 0.05) is 37.5 Å². The van der Waals surface area contributed by atoms with E-state index in [1.54, 1.807) is 17.6 Å². The number of carbonyl (C=O) groups is 2. The lowest BCUT2D eigenvalue weighted by molar-refractivity contribution is -0.119. The molecule has 1 saturated heterocycles. The van der Waals surface area contributed by atoms with E-state index in [2.05, 4.69) is 30.2 Å². The largest absolute Gasteiger partial charge is 0.368 e. The minimum absolute atomic E-state index is 0.0229. The molecule has 1 aliphatic heterocycles. The van der Waals surface area contributed by atoms with Crippen molar-refractivity contribution in [3.63, 3.8) is 0 Å². The predicted molar refractivity (Wildman–Crippen MR) is 110 cm³/mol. The minimum atomic E-state index is -0.370. The van der Waals surface area contributed by atoms with E-state index in [1.807, 2.05) is 6.07 Å². The molecular weight excluding hydrogens is 376 g/mol. The first-order chi connectivity index (χ1) is 13.7. The van der Waals surface area contributed by atoms with E-state index in [0.717, 1.165) is 69.1 Å². The lowest BCUT2D eigenvalue weighted by Crippen LogP contribution is -2.43. The molecule has 0 aromatic carbocycles. The highest BCUT2D eigenvalue weighted by Gasteiger charge is 2.25. The predicted octanol–water partition coefficient (Wildman–Crippen LogP) is 2.33. The maximum Gasteiger partial charge on any atom is 0.278 e. The number of amides is 2. The van der Waals surface area contributed by atoms with Crippen LogP contribution < -0.4 is 20.9 Å². The van der Waals surface area contributed by atoms with Crippen LogP contribution in [0.4, 0.5) is 17.2 Å². The van der Waals surface area contributed by atoms with Gasteiger partial charge in [0.15, 0.2) is 5.69 Å². The molecule has 0 spiro atoms. The zero-order valence-corrected chi connectivity index (χ0v) is 16.4. The van der Waals surface area contributed by atoms with Crippen LogP contribution in [-0.2, 0) is 4.79 Å². The Labute approximate surface area is 167 Å². The van der Waals surface area contributed by atoms with Crippen molar-refractivity contribution >= 4 is 40.5 Å². The number of pyridine rings is 1. The SMILES string of the molecule is O=C(Nc1ccc(N2CCNCC2)cn1)c1nscc1NC(=O)C1CCCC1. The van der Waals surface area contributed by atoms with Crippen molar-refractivity contribution in [3.05, 3.63) is 29.4 Å². The van der Waals surface area contributed by atoms with Crippen molar-refractivity contribution in [2.75, 3.05) is 41.7 Å². The number of piperazine rings is 1. The molecule has 2 aliphatic rings. The van der Waals surface area contributed by atoms with Crippen molar-refractivity contribution in [2.24, 2.45) is 5.92 Å². The number of nitrogens with zero attached hydrogens (tertiary/aromatic N) is 3. The van der Waals surface area contributed by atoms with Gasteiger partial charge in [-0.1, -0.05) is 12.8 Å². The topological polar surface area (TPSA) is 99.2 Å². The average molecular weight is 401 g/mol. The fraction of sp³-hybridized carbons (Fsp3) is 0.474. The molecule has 9 heteroatoms. The highest BCUT2D eigenvalue weighted by atomic mass is 32.1. The Morgan fingerprint density at radius 2 is 1.93 bits per heavy atom. The van der Waals surface area contributed by atoms with Gasteiger partial charge in [0.05, 0.1) is 17.6 Å². The number of anilines is 3. The van der Waals surface area contributed by atoms with Crippen LogP contribution in [0, 0.1) is 5.92 Å². The maximum absolute atomic E-state index is 12.6. The highest BCUT2D eigenvalue weighted by molar-refractivity contribution is 7.04. The normalized spacial score (nSPS) is 17.5. The minimum Gasteiger partial charge on any atom is -0.368 e. The molecule has 2 aromatic heterocycles. The third-order valence-electron chi connectivity index (χ3n) is 5.24. The van der Waals surface area contributed by atoms with Gasteiger partial charge in [-0.2, -0.15) is 4.37 Å². The summed E-state index contributed by atoms with van der Waals surface area (Å²) in [5, 5.41) is 10.7. The molecule has 8 nitrogen and oxygen atoms in total. The van der Waals surface area contributed by atoms with Gasteiger partial charge >= 0.3 is 0 Å². The first kappa shape index (κ1) is 18.8. The molecule has 148 valence electrons. The second kappa shape index (κ2) is 8.66. The monoisotopic (exact) mass is 400 g/mol. The summed E-state index contributed by atoms with van der Waals surface area (Å²) in [6, 6.07) is 3.75. The number of hydrogen-bond donors (Lipinski definition) is 3. The first-order valence-electron chi connectivity index (χ1n) is 9.69. The zero-order valence-electron chi connectivity index (χ0n) is 15.6. The van der Waals surface area contributed by atoms with Crippen LogP contribution in [0.15, 0.2) is 23.7 Å². The Hall–Kier alpha value is -2.52. The fourth-order valence-electron chi connectivity index (χ4n) is 3.66. The Morgan fingerprint density at radius 3 is 2.64 bits per heavy atom. The summed E-state index contributed by atoms with van der Waals surface area (Å²) in [4.78, 5) is 31.6. The molecule has 2 fully saturated rings. The fourth-order valence-corrected chi connectivity index (χ4v) is 4.27. The Balaban J connectivity index is 1.38. The summed E-state index contributed by atoms with van der Waals surface area (Å²) in [5.74, 6) is 0.107. The smallest absolute Gasteiger partial charge is 0.278 e. The molecule has 3 N–H and O–H groups in total. The van der Waals surface area contributed by atoms with Crippen molar-refractivity contribution in [1.29, 1.82) is 0 Å². The third kappa shape index (κ3) is 4.31. The number of carbonyl (C=O) groups excluding carboxylic acids is 2. The van der Waals surface area contributed by atoms with Crippen molar-refractivity contribution < 1.29 is 9.59 Å². The van der Waals surface area contributed by atoms with Crippen LogP contribution in [0.5, 0.6) is 0 Å². The molecule has 2 aromatic rings. The van der Waals surface area contributed by atoms with Crippen LogP contribution in [0.1, 0.15) is 36.2 Å². The molecule has 28 heavy (non-hydrogen) atoms. The van der Waals surface area contributed by atoms with E-state index in [4.69, 9.17) is 0 Å². The maximum atomic E-state index is 12.6. The van der Waals surface area contributed by atoms with E-state index in [9.17, 15) is 9.59 Å². The van der Waals surface area contributed by atoms with E-state index in [0.29, 0.717) is 11.5 Å². The van der Waals surface area contributed by atoms with Gasteiger partial charge < -0.3 is 20.9 Å². The van der Waals surface area contributed by atoms with Crippen LogP contribution in [0.3, 0.4) is 0 Å². The summed E-state index contributed by atoms with van der Waals surface area (Å²) < 4.78 is 4.15. The molecular formula is C19H24N6O2S. The van der Waals surface area contributed by atoms with Crippen molar-refractivity contribution in [3.8, 4) is 0 Å². The molecule has 4 rings (SSSR count). The zero-order chi connectivity index (χ0) is 19.3. The van der Waals surface area contributed by atoms with E-state index in [1.165, 1.54) is 0 Å². The summed E-state index contributed by atoms with van der Waals surface area (Å²) in [7, 11) is 0. The molecule has 0 bridgehead atoms. The summed E-state index contributed by atoms with van der Waals surface area (Å²) in [6.07, 6.45) is 5.76. The quantitative estimate of drug-likeness (QED) is 0.712. The van der Waals surface area contributed by atoms with Gasteiger partial charge in [-0.3, -0.25) is 9.59 Å². The molecule has 0 unspecified atom stereocenters. The lowest BCUT2D eigenvalue weighted by Gasteiger charge is -2.29. The van der Waals surface area contributed by atoms with E-state index < -0.39 is 0 Å². The first-order valence-corrected chi connectivity index (χ1v) is 10.5. The third-order valence-corrected chi connectivity index (χ3v) is 5.87. The van der Waals surface area contributed by atoms with Crippen LogP contribution in [-0.4, -0.2) is 47.4 Å². The Morgan fingerprint density at radius 1 is 1.14 bits per heavy atom. The molecule has 1 saturated carbocycles. The average Bonchev–Trinajstić information content (AvgIpc) is 3.41. The van der Waals surface area contributed by atoms with Crippen molar-refractivity contribution in [2.45, 2.75) is 25.7 Å². The molecule has 2 amide bonds. The van der Waals surface area contributed by atoms with E-state index >= 15 is 0 Å². The standard InChI is InChI=1S/C19H24N6O2S/c26-18(13-3-1-2-4-13)22-15-12-28-24-17(15)19(27)23-16-6-5-14(11-21-16)25-9-7-20-8-10-25/h5-6,11-13,20H,1-4,7-10H2,(H,22,26)(H,21,23,27). The number of nitrogens with one attached hydrogen (secondary N) is 3. The summed E-state index contributed by atoms with van der Waals surface area (Å²) in [6.45, 7) is 3.79. The summed E-state index contributed by atoms with van der Waals surface area (Å²) in [5.41, 5.74) is 1.74. The van der Waals surface area contributed by atoms with Gasteiger partial charge in [-0.05, 0) is 36.5 Å². The Bertz CT molecular complexity index is 825. The Kier molecular flexibility index (Phi) is 5.82. The second-order valence-corrected chi connectivity index (χ2v) is 7.77. The number of rotatable bonds is 5. The number of hydrogen-bond acceptors (Lipinski definition) is 7. The van der Waals surface area contributed by atoms with Crippen LogP contribution in [0.2, 0.25) is 0 Å². The molecule has 0 radical (unpaired) electrons. The van der Waals surface area contributed by atoms with Gasteiger partial charge in [0.2, 0.25) is 5.91 Å². The molecule has 1 aliphatic carbocycles. The van der Waals surface area contributed by atoms with Gasteiger partial charge in [-0.25, -0.2) is 4.98 Å². The molecule has 3 heterocycles. The van der Waals surface area contributed by atoms with Crippen LogP contribution in [0.25, 0.3) is 0 Å². The highest BCUT2D eigenvalue weighted by Crippen LogP contribution is 2.27. The van der Waals surface area contributed by atoms with Gasteiger partial charge in [0.25, 0.3) is 5.91 Å². The van der Waals surface area contributed by atoms with Gasteiger partial charge in [0.1, 0.15) is 5.82 Å². The molecule has 0 atom stereocenters. The van der Waals surface area contributed by atoms with E-state index in [-0.39, 0.29) is 23.4 Å². The lowest BCUT2D eigenvalue weighted by atomic mass is 10.1.